The molecule has 17 heavy (non-hydrogen) atoms. The molecule has 1 aliphatic heterocycles. The lowest BCUT2D eigenvalue weighted by Crippen LogP contribution is -2.34. The molecule has 1 amide bonds. The van der Waals surface area contributed by atoms with Crippen LogP contribution in [0.15, 0.2) is 48.7 Å². The monoisotopic (exact) mass is 227 g/mol. The van der Waals surface area contributed by atoms with E-state index in [0.717, 1.165) is 5.56 Å². The number of carbonyl (C=O) groups is 2. The summed E-state index contributed by atoms with van der Waals surface area (Å²) in [5, 5.41) is 0. The summed E-state index contributed by atoms with van der Waals surface area (Å²) in [5.41, 5.74) is 1.08. The third kappa shape index (κ3) is 2.91. The normalized spacial score (nSPS) is 15.9. The molecule has 0 saturated carbocycles. The fourth-order valence-electron chi connectivity index (χ4n) is 1.61. The number of rotatable bonds is 3. The van der Waals surface area contributed by atoms with Crippen molar-refractivity contribution in [2.45, 2.75) is 6.42 Å². The molecule has 0 atom stereocenters. The molecule has 1 heterocycles. The Hall–Kier alpha value is -2.16. The van der Waals surface area contributed by atoms with Gasteiger partial charge in [-0.15, -0.1) is 0 Å². The molecule has 0 aromatic heterocycles. The fraction of sp³-hybridized carbons (Fsp3) is 0.143. The van der Waals surface area contributed by atoms with Crippen LogP contribution >= 0.6 is 0 Å². The molecule has 0 bridgehead atoms. The predicted molar refractivity (Wildman–Crippen MR) is 66.0 cm³/mol. The Labute approximate surface area is 100 Å². The highest BCUT2D eigenvalue weighted by Crippen LogP contribution is 2.06. The van der Waals surface area contributed by atoms with Crippen LogP contribution in [0.5, 0.6) is 0 Å². The Kier molecular flexibility index (Phi) is 3.50. The van der Waals surface area contributed by atoms with Gasteiger partial charge in [-0.05, 0) is 5.56 Å². The third-order valence-electron chi connectivity index (χ3n) is 2.50. The largest absolute Gasteiger partial charge is 0.309 e. The van der Waals surface area contributed by atoms with E-state index in [2.05, 4.69) is 0 Å². The molecular weight excluding hydrogens is 214 g/mol. The van der Waals surface area contributed by atoms with E-state index >= 15 is 0 Å². The second-order valence-corrected chi connectivity index (χ2v) is 3.78. The number of allylic oxidation sites excluding steroid dienone is 1. The van der Waals surface area contributed by atoms with Gasteiger partial charge in [0.05, 0.1) is 0 Å². The third-order valence-corrected chi connectivity index (χ3v) is 2.50. The van der Waals surface area contributed by atoms with Crippen molar-refractivity contribution in [2.24, 2.45) is 0 Å². The molecule has 0 N–H and O–H groups in total. The first-order valence-electron chi connectivity index (χ1n) is 5.49. The van der Waals surface area contributed by atoms with Gasteiger partial charge in [-0.1, -0.05) is 48.6 Å². The summed E-state index contributed by atoms with van der Waals surface area (Å²) in [6.45, 7) is 0.427. The van der Waals surface area contributed by atoms with Gasteiger partial charge in [-0.3, -0.25) is 9.59 Å². The standard InChI is InChI=1S/C14H13NO2/c16-13-9-5-11-15(14(13)17)10-4-8-12-6-2-1-3-7-12/h1-8,11H,9-10H2/b8-4+. The van der Waals surface area contributed by atoms with Gasteiger partial charge in [0.25, 0.3) is 5.91 Å². The van der Waals surface area contributed by atoms with Gasteiger partial charge in [-0.25, -0.2) is 0 Å². The second-order valence-electron chi connectivity index (χ2n) is 3.78. The molecule has 1 aliphatic rings. The smallest absolute Gasteiger partial charge is 0.294 e. The van der Waals surface area contributed by atoms with E-state index in [-0.39, 0.29) is 12.2 Å². The summed E-state index contributed by atoms with van der Waals surface area (Å²) in [4.78, 5) is 24.1. The Morgan fingerprint density at radius 1 is 1.18 bits per heavy atom. The average molecular weight is 227 g/mol. The van der Waals surface area contributed by atoms with Gasteiger partial charge in [0.1, 0.15) is 0 Å². The number of nitrogens with zero attached hydrogens (tertiary/aromatic N) is 1. The molecule has 0 radical (unpaired) electrons. The quantitative estimate of drug-likeness (QED) is 0.741. The van der Waals surface area contributed by atoms with Gasteiger partial charge >= 0.3 is 0 Å². The van der Waals surface area contributed by atoms with Crippen LogP contribution in [0.2, 0.25) is 0 Å². The van der Waals surface area contributed by atoms with Crippen molar-refractivity contribution >= 4 is 17.8 Å². The number of hydrogen-bond acceptors (Lipinski definition) is 2. The topological polar surface area (TPSA) is 37.4 Å². The molecule has 1 aromatic carbocycles. The van der Waals surface area contributed by atoms with Crippen LogP contribution in [0.1, 0.15) is 12.0 Å². The number of benzene rings is 1. The van der Waals surface area contributed by atoms with E-state index in [4.69, 9.17) is 0 Å². The lowest BCUT2D eigenvalue weighted by molar-refractivity contribution is -0.142. The van der Waals surface area contributed by atoms with Crippen LogP contribution in [-0.2, 0) is 9.59 Å². The van der Waals surface area contributed by atoms with Crippen LogP contribution in [0.3, 0.4) is 0 Å². The minimum Gasteiger partial charge on any atom is -0.309 e. The fourth-order valence-corrected chi connectivity index (χ4v) is 1.61. The highest BCUT2D eigenvalue weighted by molar-refractivity contribution is 6.37. The van der Waals surface area contributed by atoms with Gasteiger partial charge in [-0.2, -0.15) is 0 Å². The zero-order valence-electron chi connectivity index (χ0n) is 9.37. The molecule has 3 heteroatoms. The first-order chi connectivity index (χ1) is 8.27. The minimum absolute atomic E-state index is 0.220. The summed E-state index contributed by atoms with van der Waals surface area (Å²) in [6, 6.07) is 9.82. The minimum atomic E-state index is -0.426. The van der Waals surface area contributed by atoms with E-state index in [1.807, 2.05) is 42.5 Å². The van der Waals surface area contributed by atoms with Crippen molar-refractivity contribution in [1.29, 1.82) is 0 Å². The molecule has 1 aromatic rings. The predicted octanol–water partition coefficient (Wildman–Crippen LogP) is 2.01. The van der Waals surface area contributed by atoms with Crippen molar-refractivity contribution in [3.8, 4) is 0 Å². The Balaban J connectivity index is 1.97. The highest BCUT2D eigenvalue weighted by Gasteiger charge is 2.21. The van der Waals surface area contributed by atoms with Crippen molar-refractivity contribution in [1.82, 2.24) is 4.90 Å². The first-order valence-corrected chi connectivity index (χ1v) is 5.49. The van der Waals surface area contributed by atoms with Crippen LogP contribution in [-0.4, -0.2) is 23.1 Å². The van der Waals surface area contributed by atoms with Gasteiger partial charge in [0, 0.05) is 19.2 Å². The molecule has 0 fully saturated rings. The molecule has 3 nitrogen and oxygen atoms in total. The number of Topliss-reactive ketones (excluding diaryl/α,β-unsaturated/α-hetero) is 1. The highest BCUT2D eigenvalue weighted by atomic mass is 16.2. The van der Waals surface area contributed by atoms with E-state index < -0.39 is 5.91 Å². The Bertz CT molecular complexity index is 474. The molecule has 0 saturated heterocycles. The van der Waals surface area contributed by atoms with Gasteiger partial charge < -0.3 is 4.90 Å². The molecule has 2 rings (SSSR count). The first kappa shape index (κ1) is 11.3. The van der Waals surface area contributed by atoms with E-state index in [0.29, 0.717) is 6.54 Å². The molecule has 0 spiro atoms. The molecule has 86 valence electrons. The summed E-state index contributed by atoms with van der Waals surface area (Å²) < 4.78 is 0. The van der Waals surface area contributed by atoms with E-state index in [9.17, 15) is 9.59 Å². The van der Waals surface area contributed by atoms with Crippen LogP contribution in [0, 0.1) is 0 Å². The maximum atomic E-state index is 11.5. The maximum absolute atomic E-state index is 11.5. The lowest BCUT2D eigenvalue weighted by atomic mass is 10.2. The molecule has 0 aliphatic carbocycles. The Morgan fingerprint density at radius 2 is 1.94 bits per heavy atom. The summed E-state index contributed by atoms with van der Waals surface area (Å²) in [6.07, 6.45) is 7.40. The van der Waals surface area contributed by atoms with Crippen LogP contribution in [0.4, 0.5) is 0 Å². The van der Waals surface area contributed by atoms with Gasteiger partial charge in [0.15, 0.2) is 0 Å². The lowest BCUT2D eigenvalue weighted by Gasteiger charge is -2.18. The summed E-state index contributed by atoms with van der Waals surface area (Å²) in [7, 11) is 0. The van der Waals surface area contributed by atoms with Crippen molar-refractivity contribution < 1.29 is 9.59 Å². The zero-order chi connectivity index (χ0) is 12.1. The Morgan fingerprint density at radius 3 is 2.71 bits per heavy atom. The van der Waals surface area contributed by atoms with Crippen molar-refractivity contribution in [2.75, 3.05) is 6.54 Å². The molecule has 0 unspecified atom stereocenters. The SMILES string of the molecule is O=C1CC=CN(C/C=C/c2ccccc2)C1=O. The number of hydrogen-bond donors (Lipinski definition) is 0. The number of ketones is 1. The second kappa shape index (κ2) is 5.25. The molecular formula is C14H13NO2. The van der Waals surface area contributed by atoms with E-state index in [1.54, 1.807) is 12.3 Å². The van der Waals surface area contributed by atoms with E-state index in [1.165, 1.54) is 4.90 Å². The zero-order valence-corrected chi connectivity index (χ0v) is 9.37. The van der Waals surface area contributed by atoms with Crippen LogP contribution < -0.4 is 0 Å². The maximum Gasteiger partial charge on any atom is 0.294 e. The number of amides is 1. The van der Waals surface area contributed by atoms with Gasteiger partial charge in [0.2, 0.25) is 5.78 Å². The van der Waals surface area contributed by atoms with Crippen LogP contribution in [0.25, 0.3) is 6.08 Å². The number of carbonyl (C=O) groups excluding carboxylic acids is 2. The average Bonchev–Trinajstić information content (AvgIpc) is 2.36. The van der Waals surface area contributed by atoms with Crippen molar-refractivity contribution in [3.05, 3.63) is 54.2 Å². The van der Waals surface area contributed by atoms with Crippen molar-refractivity contribution in [3.63, 3.8) is 0 Å². The summed E-state index contributed by atoms with van der Waals surface area (Å²) >= 11 is 0. The summed E-state index contributed by atoms with van der Waals surface area (Å²) in [5.74, 6) is -0.772.